The van der Waals surface area contributed by atoms with Gasteiger partial charge >= 0.3 is 0 Å². The van der Waals surface area contributed by atoms with Crippen LogP contribution in [0.4, 0.5) is 0 Å². The van der Waals surface area contributed by atoms with Gasteiger partial charge in [0, 0.05) is 0 Å². The minimum Gasteiger partial charge on any atom is -0.302 e. The summed E-state index contributed by atoms with van der Waals surface area (Å²) in [4.78, 5) is 8.31. The molecule has 4 nitrogen and oxygen atoms in total. The third kappa shape index (κ3) is 1.58. The van der Waals surface area contributed by atoms with Crippen LogP contribution in [0, 0.1) is 0 Å². The van der Waals surface area contributed by atoms with Gasteiger partial charge in [0.15, 0.2) is 11.1 Å². The number of aromatic nitrogens is 2. The normalized spacial score (nSPS) is 13.4. The Morgan fingerprint density at radius 3 is 2.92 bits per heavy atom. The van der Waals surface area contributed by atoms with Gasteiger partial charge < -0.3 is 4.55 Å². The fraction of sp³-hybridized carbons (Fsp3) is 0. The predicted octanol–water partition coefficient (Wildman–Crippen LogP) is 1.93. The maximum Gasteiger partial charge on any atom is 0.196 e. The maximum absolute atomic E-state index is 10.7. The molecular formula is C6H3ClN2O2S2. The lowest BCUT2D eigenvalue weighted by atomic mass is 10.4. The zero-order valence-corrected chi connectivity index (χ0v) is 8.49. The van der Waals surface area contributed by atoms with E-state index in [1.54, 1.807) is 0 Å². The van der Waals surface area contributed by atoms with Crippen molar-refractivity contribution in [3.8, 4) is 0 Å². The first-order chi connectivity index (χ1) is 6.18. The van der Waals surface area contributed by atoms with Crippen molar-refractivity contribution in [1.82, 2.24) is 9.97 Å². The number of rotatable bonds is 1. The fourth-order valence-corrected chi connectivity index (χ4v) is 2.61. The van der Waals surface area contributed by atoms with Crippen LogP contribution in [0.15, 0.2) is 16.6 Å². The van der Waals surface area contributed by atoms with Crippen LogP contribution in [-0.4, -0.2) is 18.7 Å². The Kier molecular flexibility index (Phi) is 2.29. The van der Waals surface area contributed by atoms with Crippen molar-refractivity contribution in [1.29, 1.82) is 0 Å². The van der Waals surface area contributed by atoms with E-state index in [0.29, 0.717) is 19.6 Å². The predicted molar refractivity (Wildman–Crippen MR) is 51.5 cm³/mol. The Morgan fingerprint density at radius 2 is 2.31 bits per heavy atom. The average molecular weight is 235 g/mol. The third-order valence-electron chi connectivity index (χ3n) is 1.43. The number of hydrogen-bond donors (Lipinski definition) is 1. The van der Waals surface area contributed by atoms with E-state index in [0.717, 1.165) is 11.3 Å². The molecular weight excluding hydrogens is 232 g/mol. The van der Waals surface area contributed by atoms with Crippen LogP contribution >= 0.6 is 22.9 Å². The molecule has 0 aliphatic rings. The van der Waals surface area contributed by atoms with Gasteiger partial charge in [-0.05, 0) is 6.07 Å². The summed E-state index contributed by atoms with van der Waals surface area (Å²) in [5, 5.41) is 0.921. The molecule has 0 saturated heterocycles. The van der Waals surface area contributed by atoms with E-state index in [-0.39, 0.29) is 0 Å². The highest BCUT2D eigenvalue weighted by Gasteiger charge is 2.09. The quantitative estimate of drug-likeness (QED) is 0.605. The van der Waals surface area contributed by atoms with Crippen LogP contribution in [0.25, 0.3) is 10.2 Å². The van der Waals surface area contributed by atoms with E-state index < -0.39 is 11.1 Å². The van der Waals surface area contributed by atoms with E-state index in [2.05, 4.69) is 9.97 Å². The summed E-state index contributed by atoms with van der Waals surface area (Å²) in [6, 6.07) is 1.53. The SMILES string of the molecule is O=S(O)c1cc2c(Cl)ncnc2s1. The molecule has 1 N–H and O–H groups in total. The molecule has 2 rings (SSSR count). The smallest absolute Gasteiger partial charge is 0.196 e. The third-order valence-corrected chi connectivity index (χ3v) is 3.71. The molecule has 0 fully saturated rings. The summed E-state index contributed by atoms with van der Waals surface area (Å²) < 4.78 is 19.9. The standard InChI is InChI=1S/C6H3ClN2O2S2/c7-5-3-1-4(13(10)11)12-6(3)9-2-8-5/h1-2H,(H,10,11). The number of nitrogens with zero attached hydrogens (tertiary/aromatic N) is 2. The average Bonchev–Trinajstić information content (AvgIpc) is 2.49. The van der Waals surface area contributed by atoms with Crippen LogP contribution in [0.2, 0.25) is 5.15 Å². The molecule has 0 saturated carbocycles. The van der Waals surface area contributed by atoms with Crippen LogP contribution in [-0.2, 0) is 11.1 Å². The Labute approximate surface area is 84.9 Å². The molecule has 7 heteroatoms. The van der Waals surface area contributed by atoms with E-state index in [1.807, 2.05) is 0 Å². The van der Waals surface area contributed by atoms with Crippen LogP contribution in [0.1, 0.15) is 0 Å². The first kappa shape index (κ1) is 9.01. The lowest BCUT2D eigenvalue weighted by molar-refractivity contribution is 0.566. The molecule has 0 amide bonds. The highest BCUT2D eigenvalue weighted by molar-refractivity contribution is 7.82. The summed E-state index contributed by atoms with van der Waals surface area (Å²) in [6.07, 6.45) is 1.32. The Hall–Kier alpha value is -0.560. The number of halogens is 1. The Morgan fingerprint density at radius 1 is 1.54 bits per heavy atom. The van der Waals surface area contributed by atoms with E-state index in [4.69, 9.17) is 16.2 Å². The Balaban J connectivity index is 2.75. The largest absolute Gasteiger partial charge is 0.302 e. The first-order valence-corrected chi connectivity index (χ1v) is 5.49. The molecule has 68 valence electrons. The second-order valence-corrected chi connectivity index (χ2v) is 4.78. The van der Waals surface area contributed by atoms with Gasteiger partial charge in [-0.3, -0.25) is 0 Å². The van der Waals surface area contributed by atoms with Gasteiger partial charge in [-0.2, -0.15) is 0 Å². The molecule has 2 heterocycles. The molecule has 0 spiro atoms. The van der Waals surface area contributed by atoms with E-state index >= 15 is 0 Å². The van der Waals surface area contributed by atoms with Gasteiger partial charge in [0.05, 0.1) is 5.39 Å². The monoisotopic (exact) mass is 234 g/mol. The molecule has 1 atom stereocenters. The maximum atomic E-state index is 10.7. The summed E-state index contributed by atoms with van der Waals surface area (Å²) in [5.74, 6) is 0. The van der Waals surface area contributed by atoms with Gasteiger partial charge in [-0.1, -0.05) is 11.6 Å². The lowest BCUT2D eigenvalue weighted by Gasteiger charge is -1.87. The second-order valence-electron chi connectivity index (χ2n) is 2.20. The van der Waals surface area contributed by atoms with Crippen LogP contribution in [0.5, 0.6) is 0 Å². The lowest BCUT2D eigenvalue weighted by Crippen LogP contribution is -1.80. The highest BCUT2D eigenvalue weighted by Crippen LogP contribution is 2.29. The van der Waals surface area contributed by atoms with Crippen molar-refractivity contribution in [3.05, 3.63) is 17.5 Å². The number of hydrogen-bond acceptors (Lipinski definition) is 4. The van der Waals surface area contributed by atoms with Crippen molar-refractivity contribution >= 4 is 44.2 Å². The molecule has 13 heavy (non-hydrogen) atoms. The molecule has 2 aromatic rings. The topological polar surface area (TPSA) is 63.1 Å². The zero-order chi connectivity index (χ0) is 9.42. The molecule has 0 aliphatic heterocycles. The number of thiophene rings is 1. The summed E-state index contributed by atoms with van der Waals surface area (Å²) in [7, 11) is 0. The molecule has 0 radical (unpaired) electrons. The highest BCUT2D eigenvalue weighted by atomic mass is 35.5. The fourth-order valence-electron chi connectivity index (χ4n) is 0.891. The molecule has 0 aliphatic carbocycles. The summed E-state index contributed by atoms with van der Waals surface area (Å²) in [5.41, 5.74) is 0. The zero-order valence-electron chi connectivity index (χ0n) is 6.10. The summed E-state index contributed by atoms with van der Waals surface area (Å²) >= 11 is 4.91. The minimum absolute atomic E-state index is 0.304. The van der Waals surface area contributed by atoms with Crippen molar-refractivity contribution in [2.75, 3.05) is 0 Å². The van der Waals surface area contributed by atoms with E-state index in [1.165, 1.54) is 12.4 Å². The van der Waals surface area contributed by atoms with Gasteiger partial charge in [-0.15, -0.1) is 11.3 Å². The number of fused-ring (bicyclic) bond motifs is 1. The molecule has 2 aromatic heterocycles. The minimum atomic E-state index is -1.98. The molecule has 1 unspecified atom stereocenters. The van der Waals surface area contributed by atoms with Crippen LogP contribution in [0.3, 0.4) is 0 Å². The van der Waals surface area contributed by atoms with Gasteiger partial charge in [0.2, 0.25) is 0 Å². The van der Waals surface area contributed by atoms with Gasteiger partial charge in [-0.25, -0.2) is 14.2 Å². The van der Waals surface area contributed by atoms with Crippen molar-refractivity contribution in [2.45, 2.75) is 4.21 Å². The van der Waals surface area contributed by atoms with Gasteiger partial charge in [0.25, 0.3) is 0 Å². The van der Waals surface area contributed by atoms with Crippen molar-refractivity contribution in [3.63, 3.8) is 0 Å². The van der Waals surface area contributed by atoms with Crippen molar-refractivity contribution < 1.29 is 8.76 Å². The summed E-state index contributed by atoms with van der Waals surface area (Å²) in [6.45, 7) is 0. The molecule has 0 aromatic carbocycles. The first-order valence-electron chi connectivity index (χ1n) is 3.19. The second kappa shape index (κ2) is 3.30. The van der Waals surface area contributed by atoms with E-state index in [9.17, 15) is 4.21 Å². The Bertz CT molecular complexity index is 484. The van der Waals surface area contributed by atoms with Gasteiger partial charge in [0.1, 0.15) is 20.5 Å². The molecule has 0 bridgehead atoms. The van der Waals surface area contributed by atoms with Crippen LogP contribution < -0.4 is 0 Å². The van der Waals surface area contributed by atoms with Crippen molar-refractivity contribution in [2.24, 2.45) is 0 Å².